The summed E-state index contributed by atoms with van der Waals surface area (Å²) in [4.78, 5) is 24.6. The molecule has 6 heteroatoms. The van der Waals surface area contributed by atoms with Gasteiger partial charge < -0.3 is 15.3 Å². The molecule has 2 unspecified atom stereocenters. The first-order valence-electron chi connectivity index (χ1n) is 7.76. The molecule has 1 aliphatic rings. The lowest BCUT2D eigenvalue weighted by Gasteiger charge is -2.31. The number of carboxylic acids is 1. The molecule has 0 aliphatic carbocycles. The van der Waals surface area contributed by atoms with Crippen molar-refractivity contribution in [2.75, 3.05) is 25.4 Å². The highest BCUT2D eigenvalue weighted by molar-refractivity contribution is 7.99. The first-order valence-corrected chi connectivity index (χ1v) is 8.81. The minimum Gasteiger partial charge on any atom is -0.481 e. The van der Waals surface area contributed by atoms with Crippen molar-refractivity contribution in [2.24, 2.45) is 11.8 Å². The third-order valence-corrected chi connectivity index (χ3v) is 5.13. The van der Waals surface area contributed by atoms with Crippen LogP contribution in [0.25, 0.3) is 0 Å². The number of carbonyl (C=O) groups excluding carboxylic acids is 1. The van der Waals surface area contributed by atoms with Crippen molar-refractivity contribution >= 4 is 23.8 Å². The zero-order valence-corrected chi connectivity index (χ0v) is 14.1. The van der Waals surface area contributed by atoms with Crippen LogP contribution < -0.4 is 5.32 Å². The van der Waals surface area contributed by atoms with Crippen molar-refractivity contribution < 1.29 is 14.7 Å². The van der Waals surface area contributed by atoms with Gasteiger partial charge in [0.25, 0.3) is 0 Å². The predicted octanol–water partition coefficient (Wildman–Crippen LogP) is 2.66. The van der Waals surface area contributed by atoms with E-state index >= 15 is 0 Å². The van der Waals surface area contributed by atoms with Gasteiger partial charge in [0.1, 0.15) is 0 Å². The fourth-order valence-corrected chi connectivity index (χ4v) is 3.61. The number of hydrogen-bond acceptors (Lipinski definition) is 3. The fraction of sp³-hybridized carbons (Fsp3) is 0.867. The number of hydrogen-bond donors (Lipinski definition) is 2. The van der Waals surface area contributed by atoms with Crippen LogP contribution in [0.1, 0.15) is 40.0 Å². The lowest BCUT2D eigenvalue weighted by molar-refractivity contribution is -0.137. The first-order chi connectivity index (χ1) is 9.90. The van der Waals surface area contributed by atoms with Gasteiger partial charge in [-0.2, -0.15) is 11.8 Å². The van der Waals surface area contributed by atoms with Crippen LogP contribution >= 0.6 is 11.8 Å². The summed E-state index contributed by atoms with van der Waals surface area (Å²) in [7, 11) is 0. The summed E-state index contributed by atoms with van der Waals surface area (Å²) in [5, 5.41) is 12.3. The molecular weight excluding hydrogens is 288 g/mol. The second kappa shape index (κ2) is 9.18. The molecule has 21 heavy (non-hydrogen) atoms. The smallest absolute Gasteiger partial charge is 0.317 e. The first kappa shape index (κ1) is 18.1. The second-order valence-corrected chi connectivity index (χ2v) is 7.63. The monoisotopic (exact) mass is 316 g/mol. The summed E-state index contributed by atoms with van der Waals surface area (Å²) < 4.78 is 0. The molecule has 0 aromatic heterocycles. The number of aliphatic carboxylic acids is 1. The van der Waals surface area contributed by atoms with Gasteiger partial charge in [-0.25, -0.2) is 4.79 Å². The van der Waals surface area contributed by atoms with Gasteiger partial charge in [-0.05, 0) is 24.7 Å². The molecule has 0 aromatic carbocycles. The largest absolute Gasteiger partial charge is 0.481 e. The Morgan fingerprint density at radius 1 is 1.38 bits per heavy atom. The van der Waals surface area contributed by atoms with Gasteiger partial charge in [0.05, 0.1) is 0 Å². The number of carboxylic acid groups (broad SMARTS) is 1. The third kappa shape index (κ3) is 7.07. The van der Waals surface area contributed by atoms with Crippen LogP contribution in [0.3, 0.4) is 0 Å². The normalized spacial score (nSPS) is 20.4. The molecule has 2 N–H and O–H groups in total. The van der Waals surface area contributed by atoms with Gasteiger partial charge in [-0.1, -0.05) is 20.8 Å². The van der Waals surface area contributed by atoms with Crippen molar-refractivity contribution in [3.63, 3.8) is 0 Å². The van der Waals surface area contributed by atoms with E-state index in [-0.39, 0.29) is 12.5 Å². The van der Waals surface area contributed by atoms with Crippen molar-refractivity contribution in [1.29, 1.82) is 0 Å². The minimum atomic E-state index is -0.746. The van der Waals surface area contributed by atoms with Crippen molar-refractivity contribution in [3.05, 3.63) is 0 Å². The topological polar surface area (TPSA) is 69.6 Å². The number of nitrogens with one attached hydrogen (secondary N) is 1. The average molecular weight is 316 g/mol. The van der Waals surface area contributed by atoms with Gasteiger partial charge in [0.2, 0.25) is 0 Å². The standard InChI is InChI=1S/C15H28N2O3S/c1-11(2)13(4-5-14(18)19)6-7-16-15(20)17-8-9-21-12(3)10-17/h11-13H,4-10H2,1-3H3,(H,16,20)(H,18,19). The minimum absolute atomic E-state index is 0.0166. The van der Waals surface area contributed by atoms with E-state index in [1.165, 1.54) is 0 Å². The molecule has 0 spiro atoms. The van der Waals surface area contributed by atoms with Crippen LogP contribution in [0.4, 0.5) is 4.79 Å². The SMILES string of the molecule is CC1CN(C(=O)NCCC(CCC(=O)O)C(C)C)CCS1. The Morgan fingerprint density at radius 2 is 2.10 bits per heavy atom. The summed E-state index contributed by atoms with van der Waals surface area (Å²) >= 11 is 1.90. The van der Waals surface area contributed by atoms with Crippen LogP contribution in [0.5, 0.6) is 0 Å². The van der Waals surface area contributed by atoms with E-state index in [9.17, 15) is 9.59 Å². The van der Waals surface area contributed by atoms with Gasteiger partial charge in [0, 0.05) is 37.1 Å². The maximum Gasteiger partial charge on any atom is 0.317 e. The lowest BCUT2D eigenvalue weighted by atomic mass is 9.88. The number of carbonyl (C=O) groups is 2. The molecule has 2 amide bonds. The second-order valence-electron chi connectivity index (χ2n) is 6.08. The zero-order chi connectivity index (χ0) is 15.8. The van der Waals surface area contributed by atoms with E-state index in [0.717, 1.165) is 25.3 Å². The third-order valence-electron chi connectivity index (χ3n) is 3.99. The van der Waals surface area contributed by atoms with Gasteiger partial charge in [0.15, 0.2) is 0 Å². The van der Waals surface area contributed by atoms with Crippen molar-refractivity contribution in [2.45, 2.75) is 45.3 Å². The lowest BCUT2D eigenvalue weighted by Crippen LogP contribution is -2.46. The summed E-state index contributed by atoms with van der Waals surface area (Å²) in [5.41, 5.74) is 0. The van der Waals surface area contributed by atoms with Crippen LogP contribution in [-0.2, 0) is 4.79 Å². The van der Waals surface area contributed by atoms with Crippen LogP contribution in [0.15, 0.2) is 0 Å². The zero-order valence-electron chi connectivity index (χ0n) is 13.3. The summed E-state index contributed by atoms with van der Waals surface area (Å²) in [5.74, 6) is 1.04. The van der Waals surface area contributed by atoms with E-state index in [1.807, 2.05) is 16.7 Å². The van der Waals surface area contributed by atoms with Crippen LogP contribution in [-0.4, -0.2) is 52.6 Å². The number of amides is 2. The molecule has 0 radical (unpaired) electrons. The van der Waals surface area contributed by atoms with Gasteiger partial charge in [-0.3, -0.25) is 4.79 Å². The Labute approximate surface area is 131 Å². The Balaban J connectivity index is 2.29. The summed E-state index contributed by atoms with van der Waals surface area (Å²) in [6.45, 7) is 8.61. The van der Waals surface area contributed by atoms with Gasteiger partial charge >= 0.3 is 12.0 Å². The molecule has 1 rings (SSSR count). The quantitative estimate of drug-likeness (QED) is 0.757. The molecule has 1 heterocycles. The Bertz CT molecular complexity index is 350. The fourth-order valence-electron chi connectivity index (χ4n) is 2.60. The number of rotatable bonds is 7. The summed E-state index contributed by atoms with van der Waals surface area (Å²) in [6, 6.07) is 0.0166. The maximum absolute atomic E-state index is 12.1. The Morgan fingerprint density at radius 3 is 2.67 bits per heavy atom. The van der Waals surface area contributed by atoms with E-state index in [1.54, 1.807) is 0 Å². The summed E-state index contributed by atoms with van der Waals surface area (Å²) in [6.07, 6.45) is 1.73. The molecule has 1 fully saturated rings. The molecule has 2 atom stereocenters. The van der Waals surface area contributed by atoms with E-state index in [4.69, 9.17) is 5.11 Å². The molecule has 1 saturated heterocycles. The average Bonchev–Trinajstić information content (AvgIpc) is 2.41. The molecule has 5 nitrogen and oxygen atoms in total. The van der Waals surface area contributed by atoms with E-state index in [2.05, 4.69) is 26.1 Å². The number of thioether (sulfide) groups is 1. The molecule has 122 valence electrons. The molecule has 0 aromatic rings. The van der Waals surface area contributed by atoms with E-state index < -0.39 is 5.97 Å². The Hall–Kier alpha value is -0.910. The predicted molar refractivity (Wildman–Crippen MR) is 86.7 cm³/mol. The molecule has 0 bridgehead atoms. The molecule has 1 aliphatic heterocycles. The van der Waals surface area contributed by atoms with Crippen LogP contribution in [0.2, 0.25) is 0 Å². The highest BCUT2D eigenvalue weighted by Gasteiger charge is 2.21. The van der Waals surface area contributed by atoms with Gasteiger partial charge in [-0.15, -0.1) is 0 Å². The Kier molecular flexibility index (Phi) is 7.93. The molecular formula is C15H28N2O3S. The van der Waals surface area contributed by atoms with Crippen LogP contribution in [0, 0.1) is 11.8 Å². The van der Waals surface area contributed by atoms with Crippen molar-refractivity contribution in [1.82, 2.24) is 10.2 Å². The highest BCUT2D eigenvalue weighted by Crippen LogP contribution is 2.21. The van der Waals surface area contributed by atoms with E-state index in [0.29, 0.717) is 30.1 Å². The highest BCUT2D eigenvalue weighted by atomic mass is 32.2. The van der Waals surface area contributed by atoms with Crippen molar-refractivity contribution in [3.8, 4) is 0 Å². The number of nitrogens with zero attached hydrogens (tertiary/aromatic N) is 1. The maximum atomic E-state index is 12.1. The number of urea groups is 1. The molecule has 0 saturated carbocycles.